The molecule has 0 radical (unpaired) electrons. The van der Waals surface area contributed by atoms with Crippen molar-refractivity contribution in [3.05, 3.63) is 36.1 Å². The zero-order chi connectivity index (χ0) is 36.4. The Hall–Kier alpha value is -2.74. The number of hydrogen-bond donors (Lipinski definition) is 3. The number of carbonyl (C=O) groups excluding carboxylic acids is 4. The summed E-state index contributed by atoms with van der Waals surface area (Å²) < 4.78 is 31.4. The van der Waals surface area contributed by atoms with E-state index in [1.54, 1.807) is 25.2 Å². The predicted octanol–water partition coefficient (Wildman–Crippen LogP) is 3.91. The Kier molecular flexibility index (Phi) is 11.9. The van der Waals surface area contributed by atoms with Crippen LogP contribution < -0.4 is 5.32 Å². The Morgan fingerprint density at radius 2 is 1.78 bits per heavy atom. The zero-order valence-electron chi connectivity index (χ0n) is 30.2. The molecule has 1 amide bonds. The highest BCUT2D eigenvalue weighted by Gasteiger charge is 2.61. The van der Waals surface area contributed by atoms with Crippen LogP contribution in [0, 0.1) is 11.8 Å². The molecular weight excluding hydrogens is 646 g/mol. The van der Waals surface area contributed by atoms with Crippen LogP contribution in [0.1, 0.15) is 106 Å². The highest BCUT2D eigenvalue weighted by molar-refractivity contribution is 5.92. The van der Waals surface area contributed by atoms with E-state index in [1.807, 2.05) is 13.8 Å². The zero-order valence-corrected chi connectivity index (χ0v) is 30.2. The van der Waals surface area contributed by atoms with Crippen LogP contribution in [0.2, 0.25) is 0 Å². The summed E-state index contributed by atoms with van der Waals surface area (Å²) in [6, 6.07) is 0. The number of Topliss-reactive ketones (excluding diaryl/α,β-unsaturated/α-hetero) is 2. The first-order valence-electron chi connectivity index (χ1n) is 18.2. The SMILES string of the molecule is CCCC(=O)N/C=C\C=C\C[C@H]1OC(=O)/C=C(\C)[C@@](C)(O)[C@H](O)[C@H]2O[C@H]2[C@@H]2CC[C@H]3O[C@@]4(CC[C@]3(C)O2)O[C@@H](CC(=O)[C@@H](C)CC1=O)C[C@@H]4C. The van der Waals surface area contributed by atoms with Gasteiger partial charge in [-0.05, 0) is 64.5 Å². The van der Waals surface area contributed by atoms with Gasteiger partial charge < -0.3 is 39.2 Å². The summed E-state index contributed by atoms with van der Waals surface area (Å²) >= 11 is 0. The monoisotopic (exact) mass is 701 g/mol. The lowest BCUT2D eigenvalue weighted by molar-refractivity contribution is -0.344. The first kappa shape index (κ1) is 38.5. The maximum absolute atomic E-state index is 13.5. The van der Waals surface area contributed by atoms with E-state index in [-0.39, 0.29) is 60.8 Å². The van der Waals surface area contributed by atoms with Crippen molar-refractivity contribution in [3.8, 4) is 0 Å². The van der Waals surface area contributed by atoms with Crippen LogP contribution in [0.5, 0.6) is 0 Å². The maximum Gasteiger partial charge on any atom is 0.331 e. The van der Waals surface area contributed by atoms with Gasteiger partial charge in [-0.25, -0.2) is 4.79 Å². The molecule has 1 spiro atoms. The number of hydrogen-bond acceptors (Lipinski definition) is 11. The topological polar surface area (TPSA) is 170 Å². The third kappa shape index (κ3) is 8.48. The van der Waals surface area contributed by atoms with E-state index in [0.717, 1.165) is 12.5 Å². The molecule has 7 aliphatic heterocycles. The van der Waals surface area contributed by atoms with Gasteiger partial charge in [-0.15, -0.1) is 0 Å². The number of ether oxygens (including phenoxy) is 5. The minimum atomic E-state index is -1.85. The van der Waals surface area contributed by atoms with Crippen molar-refractivity contribution in [2.45, 2.75) is 165 Å². The van der Waals surface area contributed by atoms with Gasteiger partial charge in [0.05, 0.1) is 23.9 Å². The molecule has 0 saturated carbocycles. The molecule has 0 aromatic heterocycles. The van der Waals surface area contributed by atoms with Crippen molar-refractivity contribution in [1.82, 2.24) is 5.32 Å². The summed E-state index contributed by atoms with van der Waals surface area (Å²) in [5, 5.41) is 25.3. The fourth-order valence-corrected chi connectivity index (χ4v) is 7.79. The summed E-state index contributed by atoms with van der Waals surface area (Å²) in [6.07, 6.45) is 7.22. The van der Waals surface area contributed by atoms with Crippen molar-refractivity contribution in [3.63, 3.8) is 0 Å². The summed E-state index contributed by atoms with van der Waals surface area (Å²) in [4.78, 5) is 51.8. The second-order valence-electron chi connectivity index (χ2n) is 15.3. The van der Waals surface area contributed by atoms with E-state index in [4.69, 9.17) is 23.7 Å². The third-order valence-corrected chi connectivity index (χ3v) is 11.3. The van der Waals surface area contributed by atoms with Gasteiger partial charge in [0.15, 0.2) is 17.7 Å². The van der Waals surface area contributed by atoms with Gasteiger partial charge in [0.25, 0.3) is 0 Å². The highest BCUT2D eigenvalue weighted by Crippen LogP contribution is 2.52. The van der Waals surface area contributed by atoms with Crippen LogP contribution >= 0.6 is 0 Å². The molecule has 7 aliphatic rings. The molecule has 0 aliphatic carbocycles. The summed E-state index contributed by atoms with van der Waals surface area (Å²) in [6.45, 7) is 10.6. The number of aliphatic hydroxyl groups excluding tert-OH is 1. The predicted molar refractivity (Wildman–Crippen MR) is 181 cm³/mol. The minimum absolute atomic E-state index is 0.0206. The molecule has 0 unspecified atom stereocenters. The number of nitrogens with one attached hydrogen (secondary N) is 1. The van der Waals surface area contributed by atoms with Crippen molar-refractivity contribution < 1.29 is 53.1 Å². The first-order chi connectivity index (χ1) is 23.6. The van der Waals surface area contributed by atoms with E-state index in [2.05, 4.69) is 12.2 Å². The molecule has 3 N–H and O–H groups in total. The number of carbonyl (C=O) groups is 4. The Labute approximate surface area is 294 Å². The molecular formula is C38H55NO11. The summed E-state index contributed by atoms with van der Waals surface area (Å²) in [5.41, 5.74) is -2.31. The Balaban J connectivity index is 1.36. The number of ketones is 2. The van der Waals surface area contributed by atoms with Crippen LogP contribution in [0.15, 0.2) is 36.1 Å². The van der Waals surface area contributed by atoms with Gasteiger partial charge in [0, 0.05) is 56.2 Å². The number of esters is 1. The molecule has 5 bridgehead atoms. The van der Waals surface area contributed by atoms with E-state index in [9.17, 15) is 29.4 Å². The number of aliphatic hydroxyl groups is 2. The fraction of sp³-hybridized carbons (Fsp3) is 0.737. The van der Waals surface area contributed by atoms with Gasteiger partial charge in [-0.1, -0.05) is 32.9 Å². The molecule has 0 aromatic rings. The Morgan fingerprint density at radius 1 is 1.02 bits per heavy atom. The van der Waals surface area contributed by atoms with E-state index < -0.39 is 59.1 Å². The quantitative estimate of drug-likeness (QED) is 0.209. The van der Waals surface area contributed by atoms with Crippen LogP contribution in [-0.2, 0) is 42.9 Å². The van der Waals surface area contributed by atoms with E-state index in [1.165, 1.54) is 20.0 Å². The number of allylic oxidation sites excluding steroid dienone is 2. The normalized spacial score (nSPS) is 44.0. The second kappa shape index (κ2) is 15.5. The average Bonchev–Trinajstić information content (AvgIpc) is 3.79. The van der Waals surface area contributed by atoms with Crippen molar-refractivity contribution >= 4 is 23.4 Å². The van der Waals surface area contributed by atoms with Crippen LogP contribution in [-0.4, -0.2) is 93.4 Å². The summed E-state index contributed by atoms with van der Waals surface area (Å²) in [5.74, 6) is -2.95. The third-order valence-electron chi connectivity index (χ3n) is 11.3. The van der Waals surface area contributed by atoms with E-state index >= 15 is 0 Å². The molecule has 7 heterocycles. The lowest BCUT2D eigenvalue weighted by Crippen LogP contribution is -2.60. The summed E-state index contributed by atoms with van der Waals surface area (Å²) in [7, 11) is 0. The number of fused-ring (bicyclic) bond motifs is 2. The fourth-order valence-electron chi connectivity index (χ4n) is 7.79. The number of amides is 1. The lowest BCUT2D eigenvalue weighted by atomic mass is 9.78. The number of rotatable bonds is 6. The molecule has 12 nitrogen and oxygen atoms in total. The van der Waals surface area contributed by atoms with E-state index in [0.29, 0.717) is 38.5 Å². The standard InChI is InChI=1S/C38H55NO11/c1-7-11-31(42)39-17-10-8-9-12-28-27(41)18-22(2)26(40)21-25-19-24(4)38(48-25)16-15-36(5)30(50-38)14-13-29(49-36)33-34(47-33)35(44)37(6,45)23(3)20-32(43)46-28/h8-10,17,20,22,24-25,28-30,33-35,44-45H,7,11-16,18-19,21H2,1-6H3,(H,39,42)/b9-8+,17-10-,23-20+/t22-,24-,25+,28+,29-,30+,33-,34-,35+,36-,37+,38+/m0/s1. The molecule has 12 atom stereocenters. The number of epoxide rings is 1. The lowest BCUT2D eigenvalue weighted by Gasteiger charge is -2.53. The van der Waals surface area contributed by atoms with Gasteiger partial charge in [0.2, 0.25) is 5.91 Å². The molecule has 50 heavy (non-hydrogen) atoms. The Morgan fingerprint density at radius 3 is 2.52 bits per heavy atom. The van der Waals surface area contributed by atoms with Crippen LogP contribution in [0.25, 0.3) is 0 Å². The van der Waals surface area contributed by atoms with Crippen molar-refractivity contribution in [2.24, 2.45) is 11.8 Å². The van der Waals surface area contributed by atoms with Crippen molar-refractivity contribution in [2.75, 3.05) is 0 Å². The molecule has 4 fully saturated rings. The maximum atomic E-state index is 13.5. The van der Waals surface area contributed by atoms with Crippen LogP contribution in [0.3, 0.4) is 0 Å². The minimum Gasteiger partial charge on any atom is -0.451 e. The molecule has 7 rings (SSSR count). The largest absolute Gasteiger partial charge is 0.451 e. The van der Waals surface area contributed by atoms with Gasteiger partial charge in [-0.2, -0.15) is 0 Å². The smallest absolute Gasteiger partial charge is 0.331 e. The van der Waals surface area contributed by atoms with Crippen molar-refractivity contribution in [1.29, 1.82) is 0 Å². The first-order valence-corrected chi connectivity index (χ1v) is 18.2. The molecule has 4 saturated heterocycles. The van der Waals surface area contributed by atoms with Crippen LogP contribution in [0.4, 0.5) is 0 Å². The van der Waals surface area contributed by atoms with Gasteiger partial charge >= 0.3 is 5.97 Å². The average molecular weight is 702 g/mol. The highest BCUT2D eigenvalue weighted by atomic mass is 16.7. The molecule has 12 heteroatoms. The van der Waals surface area contributed by atoms with Gasteiger partial charge in [0.1, 0.15) is 29.7 Å². The van der Waals surface area contributed by atoms with Gasteiger partial charge in [-0.3, -0.25) is 14.4 Å². The molecule has 0 aromatic carbocycles. The second-order valence-corrected chi connectivity index (χ2v) is 15.3. The molecule has 278 valence electrons. The Bertz CT molecular complexity index is 1390.